The van der Waals surface area contributed by atoms with Gasteiger partial charge in [-0.2, -0.15) is 0 Å². The molecule has 0 radical (unpaired) electrons. The maximum Gasteiger partial charge on any atom is 0.271 e. The molecule has 0 unspecified atom stereocenters. The van der Waals surface area contributed by atoms with Gasteiger partial charge < -0.3 is 15.4 Å². The number of nitrogens with two attached hydrogens (primary N) is 1. The molecule has 158 valence electrons. The summed E-state index contributed by atoms with van der Waals surface area (Å²) in [5, 5.41) is 11.1. The number of hydrogen-bond donors (Lipinski definition) is 1. The molecule has 0 aromatic heterocycles. The Morgan fingerprint density at radius 2 is 1.93 bits per heavy atom. The van der Waals surface area contributed by atoms with Crippen LogP contribution in [0.1, 0.15) is 11.5 Å². The molecule has 4 rings (SSSR count). The zero-order valence-corrected chi connectivity index (χ0v) is 16.8. The van der Waals surface area contributed by atoms with Gasteiger partial charge in [-0.1, -0.05) is 30.3 Å². The van der Waals surface area contributed by atoms with Crippen molar-refractivity contribution < 1.29 is 19.2 Å². The number of rotatable bonds is 4. The van der Waals surface area contributed by atoms with Gasteiger partial charge in [-0.15, -0.1) is 12.4 Å². The highest BCUT2D eigenvalue weighted by Crippen LogP contribution is 2.35. The number of fused-ring (bicyclic) bond motifs is 1. The van der Waals surface area contributed by atoms with Gasteiger partial charge in [-0.25, -0.2) is 0 Å². The van der Waals surface area contributed by atoms with Crippen LogP contribution in [0.2, 0.25) is 0 Å². The lowest BCUT2D eigenvalue weighted by atomic mass is 9.95. The number of anilines is 1. The molecule has 2 aromatic rings. The maximum atomic E-state index is 12.9. The van der Waals surface area contributed by atoms with E-state index in [4.69, 9.17) is 10.5 Å². The highest BCUT2D eigenvalue weighted by atomic mass is 35.5. The summed E-state index contributed by atoms with van der Waals surface area (Å²) in [5.41, 5.74) is 7.38. The van der Waals surface area contributed by atoms with Gasteiger partial charge in [0.15, 0.2) is 6.61 Å². The van der Waals surface area contributed by atoms with Crippen LogP contribution in [0.5, 0.6) is 5.75 Å². The van der Waals surface area contributed by atoms with E-state index in [9.17, 15) is 19.7 Å². The van der Waals surface area contributed by atoms with Crippen molar-refractivity contribution in [3.63, 3.8) is 0 Å². The molecule has 2 atom stereocenters. The van der Waals surface area contributed by atoms with Crippen molar-refractivity contribution in [2.24, 2.45) is 5.73 Å². The van der Waals surface area contributed by atoms with Gasteiger partial charge in [0.2, 0.25) is 5.91 Å². The van der Waals surface area contributed by atoms with Crippen molar-refractivity contribution in [3.05, 3.63) is 64.2 Å². The standard InChI is InChI=1S/C20H20N4O5.ClH/c21-16-10-22(9-15(16)13-4-2-1-3-5-13)19(25)11-23-17-8-14(24(27)28)6-7-18(17)29-12-20(23)26;/h1-8,15-16H,9-12,21H2;1H/t15-,16+;/m0./s1. The summed E-state index contributed by atoms with van der Waals surface area (Å²) in [6, 6.07) is 13.6. The Bertz CT molecular complexity index is 971. The molecule has 0 spiro atoms. The van der Waals surface area contributed by atoms with Crippen LogP contribution >= 0.6 is 12.4 Å². The van der Waals surface area contributed by atoms with Crippen LogP contribution in [0.15, 0.2) is 48.5 Å². The number of nitro benzene ring substituents is 1. The highest BCUT2D eigenvalue weighted by Gasteiger charge is 2.36. The number of carbonyl (C=O) groups excluding carboxylic acids is 2. The number of nitrogens with zero attached hydrogens (tertiary/aromatic N) is 3. The first-order valence-corrected chi connectivity index (χ1v) is 9.24. The third-order valence-electron chi connectivity index (χ3n) is 5.34. The topological polar surface area (TPSA) is 119 Å². The van der Waals surface area contributed by atoms with Crippen molar-refractivity contribution in [1.29, 1.82) is 0 Å². The van der Waals surface area contributed by atoms with Gasteiger partial charge in [-0.05, 0) is 11.6 Å². The molecule has 1 saturated heterocycles. The van der Waals surface area contributed by atoms with E-state index in [-0.39, 0.29) is 54.8 Å². The number of amides is 2. The summed E-state index contributed by atoms with van der Waals surface area (Å²) >= 11 is 0. The van der Waals surface area contributed by atoms with E-state index in [1.54, 1.807) is 4.90 Å². The van der Waals surface area contributed by atoms with Crippen molar-refractivity contribution >= 4 is 35.6 Å². The van der Waals surface area contributed by atoms with E-state index in [0.717, 1.165) is 5.56 Å². The average Bonchev–Trinajstić information content (AvgIpc) is 3.12. The summed E-state index contributed by atoms with van der Waals surface area (Å²) < 4.78 is 5.34. The zero-order chi connectivity index (χ0) is 20.5. The van der Waals surface area contributed by atoms with Gasteiger partial charge >= 0.3 is 0 Å². The van der Waals surface area contributed by atoms with Crippen LogP contribution in [0.4, 0.5) is 11.4 Å². The number of halogens is 1. The predicted octanol–water partition coefficient (Wildman–Crippen LogP) is 1.70. The van der Waals surface area contributed by atoms with Crippen molar-refractivity contribution in [1.82, 2.24) is 4.90 Å². The number of hydrogen-bond acceptors (Lipinski definition) is 6. The Kier molecular flexibility index (Phi) is 6.23. The first-order valence-electron chi connectivity index (χ1n) is 9.24. The van der Waals surface area contributed by atoms with E-state index in [1.807, 2.05) is 30.3 Å². The number of non-ortho nitro benzene ring substituents is 1. The minimum absolute atomic E-state index is 0. The largest absolute Gasteiger partial charge is 0.482 e. The fourth-order valence-electron chi connectivity index (χ4n) is 3.80. The minimum Gasteiger partial charge on any atom is -0.482 e. The molecular weight excluding hydrogens is 412 g/mol. The number of benzene rings is 2. The van der Waals surface area contributed by atoms with Gasteiger partial charge in [0.25, 0.3) is 11.6 Å². The maximum absolute atomic E-state index is 12.9. The van der Waals surface area contributed by atoms with Crippen LogP contribution in [-0.2, 0) is 9.59 Å². The molecule has 2 N–H and O–H groups in total. The van der Waals surface area contributed by atoms with Gasteiger partial charge in [0.1, 0.15) is 12.3 Å². The number of nitro groups is 1. The third kappa shape index (κ3) is 4.07. The average molecular weight is 433 g/mol. The second kappa shape index (κ2) is 8.68. The molecular formula is C20H21ClN4O5. The predicted molar refractivity (Wildman–Crippen MR) is 112 cm³/mol. The van der Waals surface area contributed by atoms with Gasteiger partial charge in [0, 0.05) is 37.2 Å². The SMILES string of the molecule is Cl.N[C@@H]1CN(C(=O)CN2C(=O)COc3ccc([N+](=O)[O-])cc32)C[C@H]1c1ccccc1. The highest BCUT2D eigenvalue weighted by molar-refractivity contribution is 6.02. The Hall–Kier alpha value is -3.17. The molecule has 2 amide bonds. The zero-order valence-electron chi connectivity index (χ0n) is 16.0. The van der Waals surface area contributed by atoms with Crippen molar-refractivity contribution in [2.75, 3.05) is 31.1 Å². The quantitative estimate of drug-likeness (QED) is 0.580. The minimum atomic E-state index is -0.552. The first-order chi connectivity index (χ1) is 13.9. The molecule has 10 heteroatoms. The summed E-state index contributed by atoms with van der Waals surface area (Å²) in [6.07, 6.45) is 0. The normalized spacial score (nSPS) is 20.2. The number of likely N-dealkylation sites (tertiary alicyclic amines) is 1. The molecule has 1 fully saturated rings. The van der Waals surface area contributed by atoms with Crippen LogP contribution < -0.4 is 15.4 Å². The third-order valence-corrected chi connectivity index (χ3v) is 5.34. The second-order valence-corrected chi connectivity index (χ2v) is 7.16. The lowest BCUT2D eigenvalue weighted by Gasteiger charge is -2.30. The lowest BCUT2D eigenvalue weighted by Crippen LogP contribution is -2.46. The van der Waals surface area contributed by atoms with E-state index >= 15 is 0 Å². The summed E-state index contributed by atoms with van der Waals surface area (Å²) in [4.78, 5) is 38.7. The van der Waals surface area contributed by atoms with E-state index in [2.05, 4.69) is 0 Å². The van der Waals surface area contributed by atoms with E-state index < -0.39 is 10.8 Å². The van der Waals surface area contributed by atoms with Gasteiger partial charge in [-0.3, -0.25) is 24.6 Å². The molecule has 0 saturated carbocycles. The molecule has 2 aliphatic heterocycles. The summed E-state index contributed by atoms with van der Waals surface area (Å²) in [5.74, 6) is -0.321. The summed E-state index contributed by atoms with van der Waals surface area (Å²) in [6.45, 7) is 0.415. The molecule has 0 bridgehead atoms. The molecule has 2 aromatic carbocycles. The van der Waals surface area contributed by atoms with Crippen LogP contribution in [-0.4, -0.2) is 53.9 Å². The monoisotopic (exact) mass is 432 g/mol. The number of carbonyl (C=O) groups is 2. The van der Waals surface area contributed by atoms with Crippen LogP contribution in [0, 0.1) is 10.1 Å². The smallest absolute Gasteiger partial charge is 0.271 e. The lowest BCUT2D eigenvalue weighted by molar-refractivity contribution is -0.384. The van der Waals surface area contributed by atoms with Crippen LogP contribution in [0.3, 0.4) is 0 Å². The molecule has 30 heavy (non-hydrogen) atoms. The first kappa shape index (κ1) is 21.5. The van der Waals surface area contributed by atoms with Crippen molar-refractivity contribution in [3.8, 4) is 5.75 Å². The second-order valence-electron chi connectivity index (χ2n) is 7.16. The Balaban J connectivity index is 0.00000256. The molecule has 9 nitrogen and oxygen atoms in total. The summed E-state index contributed by atoms with van der Waals surface area (Å²) in [7, 11) is 0. The van der Waals surface area contributed by atoms with Crippen LogP contribution in [0.25, 0.3) is 0 Å². The fraction of sp³-hybridized carbons (Fsp3) is 0.300. The Morgan fingerprint density at radius 3 is 2.63 bits per heavy atom. The van der Waals surface area contributed by atoms with E-state index in [1.165, 1.54) is 23.1 Å². The molecule has 0 aliphatic carbocycles. The molecule has 2 heterocycles. The number of ether oxygens (including phenoxy) is 1. The van der Waals surface area contributed by atoms with E-state index in [0.29, 0.717) is 18.8 Å². The Labute approximate surface area is 178 Å². The van der Waals surface area contributed by atoms with Gasteiger partial charge in [0.05, 0.1) is 10.6 Å². The molecule has 2 aliphatic rings. The van der Waals surface area contributed by atoms with Crippen molar-refractivity contribution in [2.45, 2.75) is 12.0 Å². The fourth-order valence-corrected chi connectivity index (χ4v) is 3.80. The Morgan fingerprint density at radius 1 is 1.20 bits per heavy atom.